The maximum Gasteiger partial charge on any atom is 0.154 e. The quantitative estimate of drug-likeness (QED) is 0.540. The highest BCUT2D eigenvalue weighted by Gasteiger charge is 2.03. The normalized spacial score (nSPS) is 11.0. The van der Waals surface area contributed by atoms with Gasteiger partial charge >= 0.3 is 0 Å². The minimum absolute atomic E-state index is 1.00. The number of nitrogens with zero attached hydrogens (tertiary/aromatic N) is 1. The van der Waals surface area contributed by atoms with Gasteiger partial charge < -0.3 is 8.98 Å². The zero-order valence-electron chi connectivity index (χ0n) is 6.09. The molecular formula is C8H9NO. The molecule has 0 saturated heterocycles. The fraction of sp³-hybridized carbons (Fsp3) is 0.250. The lowest BCUT2D eigenvalue weighted by Crippen LogP contribution is -1.79. The summed E-state index contributed by atoms with van der Waals surface area (Å²) in [5.74, 6) is 0. The van der Waals surface area contributed by atoms with E-state index in [2.05, 4.69) is 10.8 Å². The largest absolute Gasteiger partial charge is 0.462 e. The Bertz CT molecular complexity index is 325. The molecule has 0 fully saturated rings. The van der Waals surface area contributed by atoms with E-state index in [1.807, 2.05) is 20.0 Å². The summed E-state index contributed by atoms with van der Waals surface area (Å²) in [4.78, 5) is 0. The van der Waals surface area contributed by atoms with Crippen LogP contribution in [0.2, 0.25) is 0 Å². The Hall–Kier alpha value is -1.18. The molecule has 0 unspecified atom stereocenters. The van der Waals surface area contributed by atoms with E-state index in [1.54, 1.807) is 6.26 Å². The molecule has 0 atom stereocenters. The number of rotatable bonds is 0. The lowest BCUT2D eigenvalue weighted by molar-refractivity contribution is 0.614. The smallest absolute Gasteiger partial charge is 0.154 e. The van der Waals surface area contributed by atoms with Crippen LogP contribution < -0.4 is 0 Å². The van der Waals surface area contributed by atoms with Gasteiger partial charge in [-0.25, -0.2) is 0 Å². The molecule has 0 radical (unpaired) electrons. The van der Waals surface area contributed by atoms with Crippen LogP contribution in [0.4, 0.5) is 0 Å². The lowest BCUT2D eigenvalue weighted by Gasteiger charge is -1.85. The number of hydrogen-bond donors (Lipinski definition) is 0. The summed E-state index contributed by atoms with van der Waals surface area (Å²) in [5.41, 5.74) is 3.36. The first-order valence-electron chi connectivity index (χ1n) is 3.28. The van der Waals surface area contributed by atoms with Gasteiger partial charge in [-0.1, -0.05) is 0 Å². The van der Waals surface area contributed by atoms with Gasteiger partial charge in [0.25, 0.3) is 0 Å². The van der Waals surface area contributed by atoms with E-state index in [4.69, 9.17) is 4.42 Å². The van der Waals surface area contributed by atoms with Crippen molar-refractivity contribution >= 4 is 11.1 Å². The molecule has 2 aromatic rings. The average molecular weight is 135 g/mol. The van der Waals surface area contributed by atoms with Gasteiger partial charge in [-0.15, -0.1) is 0 Å². The van der Waals surface area contributed by atoms with Crippen LogP contribution in [0.25, 0.3) is 11.1 Å². The topological polar surface area (TPSA) is 18.1 Å². The number of hydrogen-bond acceptors (Lipinski definition) is 1. The fourth-order valence-corrected chi connectivity index (χ4v) is 1.29. The highest BCUT2D eigenvalue weighted by Crippen LogP contribution is 2.19. The third-order valence-corrected chi connectivity index (χ3v) is 1.77. The summed E-state index contributed by atoms with van der Waals surface area (Å²) in [5, 5.41) is 0. The molecule has 52 valence electrons. The van der Waals surface area contributed by atoms with E-state index in [1.165, 1.54) is 5.56 Å². The molecule has 2 nitrogen and oxygen atoms in total. The van der Waals surface area contributed by atoms with Crippen molar-refractivity contribution in [2.75, 3.05) is 0 Å². The Morgan fingerprint density at radius 2 is 2.30 bits per heavy atom. The van der Waals surface area contributed by atoms with E-state index in [0.717, 1.165) is 11.1 Å². The van der Waals surface area contributed by atoms with E-state index >= 15 is 0 Å². The molecule has 10 heavy (non-hydrogen) atoms. The first kappa shape index (κ1) is 5.59. The van der Waals surface area contributed by atoms with Crippen LogP contribution in [0.3, 0.4) is 0 Å². The highest BCUT2D eigenvalue weighted by molar-refractivity contribution is 5.77. The van der Waals surface area contributed by atoms with Crippen molar-refractivity contribution in [3.63, 3.8) is 0 Å². The van der Waals surface area contributed by atoms with Crippen LogP contribution in [0.15, 0.2) is 22.9 Å². The van der Waals surface area contributed by atoms with Gasteiger partial charge in [0.1, 0.15) is 0 Å². The zero-order chi connectivity index (χ0) is 7.14. The predicted molar refractivity (Wildman–Crippen MR) is 39.9 cm³/mol. The van der Waals surface area contributed by atoms with E-state index < -0.39 is 0 Å². The second-order valence-electron chi connectivity index (χ2n) is 2.56. The minimum atomic E-state index is 1.00. The molecule has 0 aromatic carbocycles. The summed E-state index contributed by atoms with van der Waals surface area (Å²) in [6.45, 7) is 2.05. The summed E-state index contributed by atoms with van der Waals surface area (Å²) in [6, 6.07) is 1.97. The SMILES string of the molecule is Cc1cn(C)c2ccoc12. The number of aryl methyl sites for hydroxylation is 2. The van der Waals surface area contributed by atoms with Crippen molar-refractivity contribution in [2.45, 2.75) is 6.92 Å². The van der Waals surface area contributed by atoms with Crippen LogP contribution in [-0.4, -0.2) is 4.57 Å². The van der Waals surface area contributed by atoms with Gasteiger partial charge in [0.2, 0.25) is 0 Å². The molecule has 0 amide bonds. The molecule has 0 bridgehead atoms. The predicted octanol–water partition coefficient (Wildman–Crippen LogP) is 2.08. The molecule has 2 rings (SSSR count). The van der Waals surface area contributed by atoms with Crippen LogP contribution in [0.5, 0.6) is 0 Å². The Morgan fingerprint density at radius 3 is 3.00 bits per heavy atom. The van der Waals surface area contributed by atoms with E-state index in [-0.39, 0.29) is 0 Å². The monoisotopic (exact) mass is 135 g/mol. The van der Waals surface area contributed by atoms with Gasteiger partial charge in [-0.05, 0) is 6.92 Å². The van der Waals surface area contributed by atoms with Gasteiger partial charge in [-0.3, -0.25) is 0 Å². The summed E-state index contributed by atoms with van der Waals surface area (Å²) >= 11 is 0. The van der Waals surface area contributed by atoms with Crippen LogP contribution >= 0.6 is 0 Å². The molecule has 0 aliphatic rings. The maximum atomic E-state index is 5.25. The maximum absolute atomic E-state index is 5.25. The molecular weight excluding hydrogens is 126 g/mol. The van der Waals surface area contributed by atoms with Crippen LogP contribution in [0, 0.1) is 6.92 Å². The van der Waals surface area contributed by atoms with Crippen molar-refractivity contribution in [2.24, 2.45) is 7.05 Å². The fourth-order valence-electron chi connectivity index (χ4n) is 1.29. The summed E-state index contributed by atoms with van der Waals surface area (Å²) in [6.07, 6.45) is 3.78. The Kier molecular flexibility index (Phi) is 0.926. The Morgan fingerprint density at radius 1 is 1.50 bits per heavy atom. The van der Waals surface area contributed by atoms with Crippen molar-refractivity contribution in [1.82, 2.24) is 4.57 Å². The number of fused-ring (bicyclic) bond motifs is 1. The molecule has 0 aliphatic heterocycles. The number of aromatic nitrogens is 1. The number of furan rings is 1. The highest BCUT2D eigenvalue weighted by atomic mass is 16.3. The van der Waals surface area contributed by atoms with E-state index in [0.29, 0.717) is 0 Å². The zero-order valence-corrected chi connectivity index (χ0v) is 6.09. The second kappa shape index (κ2) is 1.66. The van der Waals surface area contributed by atoms with Gasteiger partial charge in [0, 0.05) is 24.9 Å². The standard InChI is InChI=1S/C8H9NO/c1-6-5-9(2)7-3-4-10-8(6)7/h3-5H,1-2H3. The Labute approximate surface area is 59.1 Å². The van der Waals surface area contributed by atoms with Crippen molar-refractivity contribution in [1.29, 1.82) is 0 Å². The summed E-state index contributed by atoms with van der Waals surface area (Å²) < 4.78 is 7.31. The van der Waals surface area contributed by atoms with Crippen LogP contribution in [0.1, 0.15) is 5.56 Å². The first-order chi connectivity index (χ1) is 4.79. The molecule has 0 N–H and O–H groups in total. The third-order valence-electron chi connectivity index (χ3n) is 1.77. The van der Waals surface area contributed by atoms with Gasteiger partial charge in [-0.2, -0.15) is 0 Å². The van der Waals surface area contributed by atoms with E-state index in [9.17, 15) is 0 Å². The van der Waals surface area contributed by atoms with Crippen molar-refractivity contribution < 1.29 is 4.42 Å². The van der Waals surface area contributed by atoms with Gasteiger partial charge in [0.05, 0.1) is 11.8 Å². The molecule has 0 spiro atoms. The minimum Gasteiger partial charge on any atom is -0.462 e. The molecule has 0 saturated carbocycles. The molecule has 2 aromatic heterocycles. The second-order valence-corrected chi connectivity index (χ2v) is 2.56. The van der Waals surface area contributed by atoms with Gasteiger partial charge in [0.15, 0.2) is 5.58 Å². The molecule has 2 heteroatoms. The lowest BCUT2D eigenvalue weighted by atomic mass is 10.3. The Balaban J connectivity index is 2.98. The first-order valence-corrected chi connectivity index (χ1v) is 3.28. The molecule has 2 heterocycles. The van der Waals surface area contributed by atoms with Crippen molar-refractivity contribution in [3.05, 3.63) is 24.1 Å². The summed E-state index contributed by atoms with van der Waals surface area (Å²) in [7, 11) is 2.02. The van der Waals surface area contributed by atoms with Crippen LogP contribution in [-0.2, 0) is 7.05 Å². The van der Waals surface area contributed by atoms with Crippen molar-refractivity contribution in [3.8, 4) is 0 Å². The molecule has 0 aliphatic carbocycles. The average Bonchev–Trinajstić information content (AvgIpc) is 2.39. The third kappa shape index (κ3) is 0.533.